The van der Waals surface area contributed by atoms with Gasteiger partial charge in [-0.1, -0.05) is 6.07 Å². The van der Waals surface area contributed by atoms with Crippen molar-refractivity contribution in [1.29, 1.82) is 0 Å². The van der Waals surface area contributed by atoms with E-state index >= 15 is 0 Å². The number of imidazole rings is 1. The summed E-state index contributed by atoms with van der Waals surface area (Å²) in [6.45, 7) is 11.3. The topological polar surface area (TPSA) is 57.5 Å². The average molecular weight is 389 g/mol. The summed E-state index contributed by atoms with van der Waals surface area (Å²) < 4.78 is 16.0. The van der Waals surface area contributed by atoms with Crippen LogP contribution in [-0.2, 0) is 6.54 Å². The predicted molar refractivity (Wildman–Crippen MR) is 113 cm³/mol. The summed E-state index contributed by atoms with van der Waals surface area (Å²) in [6.07, 6.45) is 5.97. The van der Waals surface area contributed by atoms with Gasteiger partial charge in [0.1, 0.15) is 5.82 Å². The van der Waals surface area contributed by atoms with Crippen molar-refractivity contribution in [3.05, 3.63) is 48.3 Å². The third-order valence-electron chi connectivity index (χ3n) is 4.69. The van der Waals surface area contributed by atoms with Gasteiger partial charge >= 0.3 is 0 Å². The van der Waals surface area contributed by atoms with Gasteiger partial charge in [0.2, 0.25) is 0 Å². The van der Waals surface area contributed by atoms with Gasteiger partial charge in [0, 0.05) is 51.2 Å². The molecule has 0 aliphatic carbocycles. The fraction of sp³-hybridized carbons (Fsp3) is 0.524. The van der Waals surface area contributed by atoms with Crippen LogP contribution in [0.5, 0.6) is 0 Å². The fourth-order valence-corrected chi connectivity index (χ4v) is 3.26. The summed E-state index contributed by atoms with van der Waals surface area (Å²) >= 11 is 0. The zero-order chi connectivity index (χ0) is 20.5. The van der Waals surface area contributed by atoms with Crippen molar-refractivity contribution in [2.75, 3.05) is 20.1 Å². The monoisotopic (exact) mass is 388 g/mol. The maximum absolute atomic E-state index is 14.3. The molecule has 0 saturated heterocycles. The molecule has 2 aromatic rings. The van der Waals surface area contributed by atoms with Gasteiger partial charge in [-0.2, -0.15) is 0 Å². The molecule has 6 nitrogen and oxygen atoms in total. The Hall–Kier alpha value is -2.41. The number of hydrogen-bond acceptors (Lipinski definition) is 3. The molecule has 0 spiro atoms. The van der Waals surface area contributed by atoms with Gasteiger partial charge in [-0.05, 0) is 51.8 Å². The van der Waals surface area contributed by atoms with Crippen LogP contribution in [0.25, 0.3) is 5.69 Å². The van der Waals surface area contributed by atoms with Crippen LogP contribution in [-0.4, -0.2) is 52.6 Å². The first kappa shape index (κ1) is 21.9. The summed E-state index contributed by atoms with van der Waals surface area (Å²) in [5.41, 5.74) is 1.35. The molecule has 0 aliphatic heterocycles. The van der Waals surface area contributed by atoms with E-state index in [4.69, 9.17) is 0 Å². The van der Waals surface area contributed by atoms with E-state index in [1.54, 1.807) is 42.5 Å². The van der Waals surface area contributed by atoms with E-state index in [9.17, 15) is 4.39 Å². The van der Waals surface area contributed by atoms with Gasteiger partial charge in [-0.3, -0.25) is 9.89 Å². The van der Waals surface area contributed by atoms with Crippen LogP contribution >= 0.6 is 0 Å². The van der Waals surface area contributed by atoms with Crippen molar-refractivity contribution in [2.24, 2.45) is 4.99 Å². The first-order chi connectivity index (χ1) is 13.4. The third kappa shape index (κ3) is 6.34. The van der Waals surface area contributed by atoms with Crippen LogP contribution in [0.1, 0.15) is 39.7 Å². The van der Waals surface area contributed by atoms with E-state index in [0.29, 0.717) is 24.3 Å². The summed E-state index contributed by atoms with van der Waals surface area (Å²) in [7, 11) is 1.74. The Bertz CT molecular complexity index is 731. The van der Waals surface area contributed by atoms with Crippen LogP contribution in [0, 0.1) is 5.82 Å². The molecule has 0 atom stereocenters. The molecule has 0 saturated carbocycles. The van der Waals surface area contributed by atoms with Crippen molar-refractivity contribution in [1.82, 2.24) is 25.1 Å². The lowest BCUT2D eigenvalue weighted by Gasteiger charge is -2.30. The van der Waals surface area contributed by atoms with Gasteiger partial charge in [-0.25, -0.2) is 9.37 Å². The lowest BCUT2D eigenvalue weighted by atomic mass is 10.2. The average Bonchev–Trinajstić information content (AvgIpc) is 3.17. The number of rotatable bonds is 9. The van der Waals surface area contributed by atoms with E-state index in [1.807, 2.05) is 6.07 Å². The second kappa shape index (κ2) is 10.8. The van der Waals surface area contributed by atoms with Crippen molar-refractivity contribution < 1.29 is 4.39 Å². The lowest BCUT2D eigenvalue weighted by molar-refractivity contribution is 0.173. The second-order valence-corrected chi connectivity index (χ2v) is 7.39. The third-order valence-corrected chi connectivity index (χ3v) is 4.69. The minimum Gasteiger partial charge on any atom is -0.356 e. The number of aliphatic imine (C=N–C) groups is 1. The Morgan fingerprint density at radius 1 is 1.21 bits per heavy atom. The smallest absolute Gasteiger partial charge is 0.191 e. The highest BCUT2D eigenvalue weighted by Crippen LogP contribution is 2.14. The predicted octanol–water partition coefficient (Wildman–Crippen LogP) is 3.19. The first-order valence-corrected chi connectivity index (χ1v) is 9.89. The molecule has 0 fully saturated rings. The van der Waals surface area contributed by atoms with Gasteiger partial charge in [0.05, 0.1) is 12.0 Å². The largest absolute Gasteiger partial charge is 0.356 e. The summed E-state index contributed by atoms with van der Waals surface area (Å²) in [6, 6.07) is 6.28. The molecule has 154 valence electrons. The molecular formula is C21H33FN6. The SMILES string of the molecule is CN=C(NCCCN(C(C)C)C(C)C)NCc1ccc(-n2ccnc2)c(F)c1. The summed E-state index contributed by atoms with van der Waals surface area (Å²) in [5.74, 6) is 0.447. The fourth-order valence-electron chi connectivity index (χ4n) is 3.26. The molecule has 2 N–H and O–H groups in total. The van der Waals surface area contributed by atoms with Crippen molar-refractivity contribution in [3.63, 3.8) is 0 Å². The zero-order valence-corrected chi connectivity index (χ0v) is 17.6. The Kier molecular flexibility index (Phi) is 8.44. The van der Waals surface area contributed by atoms with E-state index in [0.717, 1.165) is 31.0 Å². The molecule has 0 amide bonds. The normalized spacial score (nSPS) is 12.2. The van der Waals surface area contributed by atoms with Crippen LogP contribution in [0.4, 0.5) is 4.39 Å². The highest BCUT2D eigenvalue weighted by Gasteiger charge is 2.12. The van der Waals surface area contributed by atoms with E-state index < -0.39 is 0 Å². The molecule has 0 radical (unpaired) electrons. The van der Waals surface area contributed by atoms with Crippen LogP contribution in [0.15, 0.2) is 41.9 Å². The number of aromatic nitrogens is 2. The van der Waals surface area contributed by atoms with E-state index in [2.05, 4.69) is 53.2 Å². The zero-order valence-electron chi connectivity index (χ0n) is 17.6. The number of guanidine groups is 1. The van der Waals surface area contributed by atoms with Crippen molar-refractivity contribution >= 4 is 5.96 Å². The molecular weight excluding hydrogens is 355 g/mol. The molecule has 1 aromatic carbocycles. The first-order valence-electron chi connectivity index (χ1n) is 9.89. The summed E-state index contributed by atoms with van der Waals surface area (Å²) in [5, 5.41) is 6.57. The molecule has 1 heterocycles. The van der Waals surface area contributed by atoms with Gasteiger partial charge < -0.3 is 15.2 Å². The Morgan fingerprint density at radius 2 is 1.96 bits per heavy atom. The Balaban J connectivity index is 1.80. The molecule has 1 aromatic heterocycles. The summed E-state index contributed by atoms with van der Waals surface area (Å²) in [4.78, 5) is 10.7. The number of halogens is 1. The van der Waals surface area contributed by atoms with Crippen molar-refractivity contribution in [3.8, 4) is 5.69 Å². The highest BCUT2D eigenvalue weighted by atomic mass is 19.1. The van der Waals surface area contributed by atoms with Crippen LogP contribution < -0.4 is 10.6 Å². The number of hydrogen-bond donors (Lipinski definition) is 2. The minimum absolute atomic E-state index is 0.275. The van der Waals surface area contributed by atoms with E-state index in [1.165, 1.54) is 0 Å². The molecule has 0 bridgehead atoms. The molecule has 0 unspecified atom stereocenters. The maximum Gasteiger partial charge on any atom is 0.191 e. The molecule has 7 heteroatoms. The lowest BCUT2D eigenvalue weighted by Crippen LogP contribution is -2.41. The molecule has 0 aliphatic rings. The minimum atomic E-state index is -0.275. The Labute approximate surface area is 167 Å². The second-order valence-electron chi connectivity index (χ2n) is 7.39. The number of nitrogens with one attached hydrogen (secondary N) is 2. The number of nitrogens with zero attached hydrogens (tertiary/aromatic N) is 4. The number of benzene rings is 1. The standard InChI is InChI=1S/C21H33FN6/c1-16(2)28(17(3)4)11-6-9-25-21(23-5)26-14-18-7-8-20(19(22)13-18)27-12-10-24-15-27/h7-8,10,12-13,15-17H,6,9,11,14H2,1-5H3,(H2,23,25,26). The quantitative estimate of drug-likeness (QED) is 0.394. The van der Waals surface area contributed by atoms with Crippen molar-refractivity contribution in [2.45, 2.75) is 52.7 Å². The highest BCUT2D eigenvalue weighted by molar-refractivity contribution is 5.79. The van der Waals surface area contributed by atoms with Gasteiger partial charge in [-0.15, -0.1) is 0 Å². The molecule has 2 rings (SSSR count). The Morgan fingerprint density at radius 3 is 2.54 bits per heavy atom. The maximum atomic E-state index is 14.3. The van der Waals surface area contributed by atoms with Gasteiger partial charge in [0.15, 0.2) is 5.96 Å². The van der Waals surface area contributed by atoms with Crippen LogP contribution in [0.2, 0.25) is 0 Å². The van der Waals surface area contributed by atoms with Crippen LogP contribution in [0.3, 0.4) is 0 Å². The molecule has 28 heavy (non-hydrogen) atoms. The van der Waals surface area contributed by atoms with E-state index in [-0.39, 0.29) is 5.82 Å². The van der Waals surface area contributed by atoms with Gasteiger partial charge in [0.25, 0.3) is 0 Å².